The summed E-state index contributed by atoms with van der Waals surface area (Å²) in [4.78, 5) is 19.2. The van der Waals surface area contributed by atoms with Gasteiger partial charge in [-0.1, -0.05) is 11.3 Å². The molecule has 9 heteroatoms. The summed E-state index contributed by atoms with van der Waals surface area (Å²) in [6, 6.07) is 13.0. The van der Waals surface area contributed by atoms with E-state index >= 15 is 0 Å². The molecule has 1 aliphatic heterocycles. The van der Waals surface area contributed by atoms with Gasteiger partial charge in [0.15, 0.2) is 10.2 Å². The van der Waals surface area contributed by atoms with Gasteiger partial charge in [0.1, 0.15) is 5.75 Å². The molecule has 0 atom stereocenters. The number of aromatic nitrogens is 1. The number of hydrogen-bond donors (Lipinski definition) is 2. The number of nitrogens with zero attached hydrogens (tertiary/aromatic N) is 2. The molecule has 4 rings (SSSR count). The molecule has 0 bridgehead atoms. The quantitative estimate of drug-likeness (QED) is 0.618. The maximum absolute atomic E-state index is 12.3. The van der Waals surface area contributed by atoms with Crippen LogP contribution in [0.5, 0.6) is 5.75 Å². The molecule has 0 unspecified atom stereocenters. The van der Waals surface area contributed by atoms with Gasteiger partial charge in [-0.25, -0.2) is 4.98 Å². The van der Waals surface area contributed by atoms with Crippen molar-refractivity contribution in [1.82, 2.24) is 10.3 Å². The van der Waals surface area contributed by atoms with Crippen LogP contribution in [0, 0.1) is 0 Å². The fourth-order valence-corrected chi connectivity index (χ4v) is 4.19. The fraction of sp³-hybridized carbons (Fsp3) is 0.250. The maximum atomic E-state index is 12.3. The normalized spacial score (nSPS) is 13.9. The number of fused-ring (bicyclic) bond motifs is 1. The van der Waals surface area contributed by atoms with Crippen molar-refractivity contribution < 1.29 is 14.3 Å². The molecule has 2 N–H and O–H groups in total. The predicted octanol–water partition coefficient (Wildman–Crippen LogP) is 3.27. The topological polar surface area (TPSA) is 75.7 Å². The van der Waals surface area contributed by atoms with E-state index in [9.17, 15) is 4.79 Å². The van der Waals surface area contributed by atoms with Gasteiger partial charge >= 0.3 is 0 Å². The van der Waals surface area contributed by atoms with E-state index in [0.717, 1.165) is 42.2 Å². The fourth-order valence-electron chi connectivity index (χ4n) is 3.03. The molecule has 2 aromatic carbocycles. The summed E-state index contributed by atoms with van der Waals surface area (Å²) < 4.78 is 11.6. The van der Waals surface area contributed by atoms with E-state index in [0.29, 0.717) is 16.4 Å². The van der Waals surface area contributed by atoms with Crippen molar-refractivity contribution in [2.24, 2.45) is 0 Å². The number of carbonyl (C=O) groups is 1. The van der Waals surface area contributed by atoms with E-state index in [1.807, 2.05) is 6.07 Å². The van der Waals surface area contributed by atoms with Crippen LogP contribution in [0.1, 0.15) is 10.4 Å². The van der Waals surface area contributed by atoms with Gasteiger partial charge in [-0.05, 0) is 54.7 Å². The number of amides is 1. The molecule has 1 fully saturated rings. The number of thiazole rings is 1. The molecule has 0 saturated carbocycles. The van der Waals surface area contributed by atoms with Gasteiger partial charge in [0, 0.05) is 24.3 Å². The van der Waals surface area contributed by atoms with E-state index in [1.54, 1.807) is 31.4 Å². The lowest BCUT2D eigenvalue weighted by molar-refractivity contribution is 0.0977. The zero-order chi connectivity index (χ0) is 20.2. The van der Waals surface area contributed by atoms with Crippen LogP contribution in [0.4, 0.5) is 10.8 Å². The number of ether oxygens (including phenoxy) is 2. The molecule has 0 spiro atoms. The first-order chi connectivity index (χ1) is 14.1. The summed E-state index contributed by atoms with van der Waals surface area (Å²) in [5, 5.41) is 6.52. The van der Waals surface area contributed by atoms with Crippen molar-refractivity contribution in [2.45, 2.75) is 0 Å². The van der Waals surface area contributed by atoms with Crippen LogP contribution < -0.4 is 20.3 Å². The van der Waals surface area contributed by atoms with Crippen molar-refractivity contribution in [2.75, 3.05) is 43.6 Å². The molecular formula is C20H20N4O3S2. The Labute approximate surface area is 177 Å². The second-order valence-corrected chi connectivity index (χ2v) is 7.85. The number of benzene rings is 2. The van der Waals surface area contributed by atoms with Gasteiger partial charge in [-0.2, -0.15) is 0 Å². The van der Waals surface area contributed by atoms with Crippen molar-refractivity contribution in [3.05, 3.63) is 48.0 Å². The van der Waals surface area contributed by atoms with Crippen LogP contribution in [0.2, 0.25) is 0 Å². The average Bonchev–Trinajstić information content (AvgIpc) is 3.15. The largest absolute Gasteiger partial charge is 0.497 e. The number of rotatable bonds is 4. The first-order valence-electron chi connectivity index (χ1n) is 9.12. The molecule has 1 saturated heterocycles. The summed E-state index contributed by atoms with van der Waals surface area (Å²) in [6.45, 7) is 3.26. The third-order valence-corrected chi connectivity index (χ3v) is 5.69. The lowest BCUT2D eigenvalue weighted by atomic mass is 10.2. The van der Waals surface area contributed by atoms with Gasteiger partial charge < -0.3 is 19.7 Å². The Morgan fingerprint density at radius 1 is 1.21 bits per heavy atom. The summed E-state index contributed by atoms with van der Waals surface area (Å²) >= 11 is 6.77. The molecule has 3 aromatic rings. The number of methoxy groups -OCH3 is 1. The van der Waals surface area contributed by atoms with E-state index in [2.05, 4.69) is 32.7 Å². The predicted molar refractivity (Wildman–Crippen MR) is 119 cm³/mol. The Kier molecular flexibility index (Phi) is 5.89. The summed E-state index contributed by atoms with van der Waals surface area (Å²) in [5.41, 5.74) is 2.54. The second kappa shape index (κ2) is 8.73. The molecule has 2 heterocycles. The number of nitrogens with one attached hydrogen (secondary N) is 2. The first-order valence-corrected chi connectivity index (χ1v) is 10.3. The third kappa shape index (κ3) is 4.64. The summed E-state index contributed by atoms with van der Waals surface area (Å²) in [7, 11) is 1.58. The molecule has 0 radical (unpaired) electrons. The Bertz CT molecular complexity index is 1030. The monoisotopic (exact) mass is 428 g/mol. The van der Waals surface area contributed by atoms with Gasteiger partial charge in [0.05, 0.1) is 30.5 Å². The van der Waals surface area contributed by atoms with Crippen molar-refractivity contribution in [3.8, 4) is 5.75 Å². The van der Waals surface area contributed by atoms with Crippen LogP contribution in [0.3, 0.4) is 0 Å². The minimum Gasteiger partial charge on any atom is -0.497 e. The molecule has 150 valence electrons. The summed E-state index contributed by atoms with van der Waals surface area (Å²) in [6.07, 6.45) is 0. The SMILES string of the molecule is COc1ccc(C(=O)NC(=S)Nc2nc3ccc(N4CCOCC4)cc3s2)cc1. The van der Waals surface area contributed by atoms with Gasteiger partial charge in [-0.3, -0.25) is 10.1 Å². The van der Waals surface area contributed by atoms with Crippen LogP contribution in [0.15, 0.2) is 42.5 Å². The minimum absolute atomic E-state index is 0.207. The highest BCUT2D eigenvalue weighted by Crippen LogP contribution is 2.30. The van der Waals surface area contributed by atoms with E-state index < -0.39 is 0 Å². The first kappa shape index (κ1) is 19.6. The lowest BCUT2D eigenvalue weighted by Gasteiger charge is -2.28. The van der Waals surface area contributed by atoms with Crippen molar-refractivity contribution in [3.63, 3.8) is 0 Å². The maximum Gasteiger partial charge on any atom is 0.257 e. The number of carbonyl (C=O) groups excluding carboxylic acids is 1. The number of hydrogen-bond acceptors (Lipinski definition) is 7. The Hall–Kier alpha value is -2.75. The Balaban J connectivity index is 1.41. The molecule has 0 aliphatic carbocycles. The third-order valence-electron chi connectivity index (χ3n) is 4.55. The highest BCUT2D eigenvalue weighted by Gasteiger charge is 2.14. The second-order valence-electron chi connectivity index (χ2n) is 6.41. The van der Waals surface area contributed by atoms with E-state index in [4.69, 9.17) is 21.7 Å². The molecule has 1 aromatic heterocycles. The molecule has 1 amide bonds. The van der Waals surface area contributed by atoms with E-state index in [1.165, 1.54) is 11.3 Å². The molecular weight excluding hydrogens is 408 g/mol. The zero-order valence-corrected chi connectivity index (χ0v) is 17.4. The summed E-state index contributed by atoms with van der Waals surface area (Å²) in [5.74, 6) is 0.397. The van der Waals surface area contributed by atoms with Gasteiger partial charge in [0.25, 0.3) is 5.91 Å². The zero-order valence-electron chi connectivity index (χ0n) is 15.8. The van der Waals surface area contributed by atoms with Crippen molar-refractivity contribution in [1.29, 1.82) is 0 Å². The van der Waals surface area contributed by atoms with E-state index in [-0.39, 0.29) is 11.0 Å². The van der Waals surface area contributed by atoms with Crippen LogP contribution >= 0.6 is 23.6 Å². The molecule has 7 nitrogen and oxygen atoms in total. The number of anilines is 2. The number of morpholine rings is 1. The van der Waals surface area contributed by atoms with Crippen LogP contribution in [0.25, 0.3) is 10.2 Å². The van der Waals surface area contributed by atoms with Gasteiger partial charge in [-0.15, -0.1) is 0 Å². The average molecular weight is 429 g/mol. The van der Waals surface area contributed by atoms with Crippen LogP contribution in [-0.4, -0.2) is 49.4 Å². The van der Waals surface area contributed by atoms with Gasteiger partial charge in [0.2, 0.25) is 0 Å². The smallest absolute Gasteiger partial charge is 0.257 e. The Morgan fingerprint density at radius 2 is 1.97 bits per heavy atom. The highest BCUT2D eigenvalue weighted by molar-refractivity contribution is 7.80. The standard InChI is InChI=1S/C20H20N4O3S2/c1-26-15-5-2-13(3-6-15)18(25)22-19(28)23-20-21-16-7-4-14(12-17(16)29-20)24-8-10-27-11-9-24/h2-7,12H,8-11H2,1H3,(H2,21,22,23,25,28). The minimum atomic E-state index is -0.291. The lowest BCUT2D eigenvalue weighted by Crippen LogP contribution is -2.36. The van der Waals surface area contributed by atoms with Crippen molar-refractivity contribution >= 4 is 55.6 Å². The number of thiocarbonyl (C=S) groups is 1. The highest BCUT2D eigenvalue weighted by atomic mass is 32.1. The van der Waals surface area contributed by atoms with Crippen LogP contribution in [-0.2, 0) is 4.74 Å². The Morgan fingerprint density at radius 3 is 2.69 bits per heavy atom. The molecule has 29 heavy (non-hydrogen) atoms. The molecule has 1 aliphatic rings.